The van der Waals surface area contributed by atoms with Crippen molar-refractivity contribution in [3.05, 3.63) is 23.4 Å². The summed E-state index contributed by atoms with van der Waals surface area (Å²) in [5.41, 5.74) is 1.07. The molecule has 2 N–H and O–H groups in total. The van der Waals surface area contributed by atoms with Crippen molar-refractivity contribution in [1.29, 1.82) is 5.26 Å². The van der Waals surface area contributed by atoms with E-state index in [0.29, 0.717) is 17.1 Å². The minimum absolute atomic E-state index is 0.460. The zero-order chi connectivity index (χ0) is 11.4. The Kier molecular flexibility index (Phi) is 3.24. The summed E-state index contributed by atoms with van der Waals surface area (Å²) in [6.07, 6.45) is 0. The van der Waals surface area contributed by atoms with Gasteiger partial charge in [0, 0.05) is 0 Å². The molecule has 1 aromatic rings. The third-order valence-electron chi connectivity index (χ3n) is 1.94. The van der Waals surface area contributed by atoms with Gasteiger partial charge in [0.1, 0.15) is 17.9 Å². The number of anilines is 1. The molecule has 0 aliphatic rings. The minimum atomic E-state index is -0.946. The number of rotatable bonds is 3. The number of carbonyl (C=O) groups is 1. The number of hydrogen-bond acceptors (Lipinski definition) is 4. The zero-order valence-electron chi connectivity index (χ0n) is 8.48. The van der Waals surface area contributed by atoms with Crippen molar-refractivity contribution < 1.29 is 9.90 Å². The first kappa shape index (κ1) is 11.0. The Balaban J connectivity index is 2.85. The Labute approximate surface area is 87.4 Å². The predicted molar refractivity (Wildman–Crippen MR) is 54.4 cm³/mol. The van der Waals surface area contributed by atoms with E-state index in [1.807, 2.05) is 6.07 Å². The molecule has 5 nitrogen and oxygen atoms in total. The van der Waals surface area contributed by atoms with Gasteiger partial charge in [0.05, 0.1) is 11.3 Å². The number of nitriles is 1. The Morgan fingerprint density at radius 2 is 2.33 bits per heavy atom. The average molecular weight is 205 g/mol. The fourth-order valence-corrected chi connectivity index (χ4v) is 1.04. The number of carboxylic acid groups (broad SMARTS) is 1. The van der Waals surface area contributed by atoms with Crippen LogP contribution in [0.1, 0.15) is 18.2 Å². The summed E-state index contributed by atoms with van der Waals surface area (Å²) in [6, 6.07) is 4.49. The van der Waals surface area contributed by atoms with Crippen LogP contribution in [0.3, 0.4) is 0 Å². The smallest absolute Gasteiger partial charge is 0.325 e. The van der Waals surface area contributed by atoms with Crippen LogP contribution in [0.4, 0.5) is 5.82 Å². The number of nitrogens with zero attached hydrogens (tertiary/aromatic N) is 2. The molecule has 0 aliphatic heterocycles. The van der Waals surface area contributed by atoms with E-state index < -0.39 is 12.0 Å². The molecule has 1 atom stereocenters. The number of hydrogen-bond donors (Lipinski definition) is 2. The lowest BCUT2D eigenvalue weighted by Crippen LogP contribution is -2.25. The van der Waals surface area contributed by atoms with Crippen LogP contribution in [0, 0.1) is 18.3 Å². The summed E-state index contributed by atoms with van der Waals surface area (Å²) >= 11 is 0. The summed E-state index contributed by atoms with van der Waals surface area (Å²) in [6.45, 7) is 3.23. The van der Waals surface area contributed by atoms with Crippen molar-refractivity contribution in [3.63, 3.8) is 0 Å². The van der Waals surface area contributed by atoms with Gasteiger partial charge in [-0.15, -0.1) is 0 Å². The molecule has 0 radical (unpaired) electrons. The molecular weight excluding hydrogens is 194 g/mol. The van der Waals surface area contributed by atoms with Crippen LogP contribution in [0.2, 0.25) is 0 Å². The van der Waals surface area contributed by atoms with Crippen molar-refractivity contribution in [3.8, 4) is 6.07 Å². The van der Waals surface area contributed by atoms with Gasteiger partial charge in [0.25, 0.3) is 0 Å². The quantitative estimate of drug-likeness (QED) is 0.772. The van der Waals surface area contributed by atoms with E-state index >= 15 is 0 Å². The zero-order valence-corrected chi connectivity index (χ0v) is 8.48. The lowest BCUT2D eigenvalue weighted by molar-refractivity contribution is -0.137. The number of aryl methyl sites for hydroxylation is 1. The van der Waals surface area contributed by atoms with Crippen LogP contribution >= 0.6 is 0 Å². The second kappa shape index (κ2) is 4.42. The monoisotopic (exact) mass is 205 g/mol. The van der Waals surface area contributed by atoms with Crippen molar-refractivity contribution >= 4 is 11.8 Å². The molecular formula is C10H11N3O2. The highest BCUT2D eigenvalue weighted by molar-refractivity contribution is 5.76. The number of nitrogens with one attached hydrogen (secondary N) is 1. The van der Waals surface area contributed by atoms with Crippen LogP contribution in [-0.4, -0.2) is 22.1 Å². The Morgan fingerprint density at radius 3 is 2.80 bits per heavy atom. The van der Waals surface area contributed by atoms with Gasteiger partial charge in [-0.25, -0.2) is 4.98 Å². The first-order chi connectivity index (χ1) is 7.04. The van der Waals surface area contributed by atoms with Crippen molar-refractivity contribution in [2.45, 2.75) is 19.9 Å². The second-order valence-electron chi connectivity index (χ2n) is 3.15. The van der Waals surface area contributed by atoms with Crippen molar-refractivity contribution in [1.82, 2.24) is 4.98 Å². The summed E-state index contributed by atoms with van der Waals surface area (Å²) in [4.78, 5) is 14.6. The summed E-state index contributed by atoms with van der Waals surface area (Å²) in [5.74, 6) is -0.486. The topological polar surface area (TPSA) is 86.0 Å². The molecule has 0 bridgehead atoms. The lowest BCUT2D eigenvalue weighted by Gasteiger charge is -2.10. The molecule has 0 aliphatic carbocycles. The Morgan fingerprint density at radius 1 is 1.67 bits per heavy atom. The normalized spacial score (nSPS) is 11.5. The van der Waals surface area contributed by atoms with E-state index in [1.165, 1.54) is 6.92 Å². The standard InChI is InChI=1S/C10H11N3O2/c1-6-8(5-11)3-4-9(12-6)13-7(2)10(14)15/h3-4,7H,1-2H3,(H,12,13)(H,14,15)/t7-/m0/s1. The summed E-state index contributed by atoms with van der Waals surface area (Å²) < 4.78 is 0. The number of aromatic nitrogens is 1. The van der Waals surface area contributed by atoms with Crippen LogP contribution < -0.4 is 5.32 Å². The van der Waals surface area contributed by atoms with Gasteiger partial charge in [-0.05, 0) is 26.0 Å². The van der Waals surface area contributed by atoms with E-state index in [4.69, 9.17) is 10.4 Å². The lowest BCUT2D eigenvalue weighted by atomic mass is 10.2. The maximum atomic E-state index is 10.6. The van der Waals surface area contributed by atoms with Crippen molar-refractivity contribution in [2.24, 2.45) is 0 Å². The summed E-state index contributed by atoms with van der Waals surface area (Å²) in [7, 11) is 0. The highest BCUT2D eigenvalue weighted by Gasteiger charge is 2.11. The molecule has 0 spiro atoms. The highest BCUT2D eigenvalue weighted by Crippen LogP contribution is 2.10. The van der Waals surface area contributed by atoms with Gasteiger partial charge < -0.3 is 10.4 Å². The van der Waals surface area contributed by atoms with Gasteiger partial charge in [0.2, 0.25) is 0 Å². The molecule has 1 aromatic heterocycles. The molecule has 0 unspecified atom stereocenters. The van der Waals surface area contributed by atoms with Gasteiger partial charge in [-0.2, -0.15) is 5.26 Å². The molecule has 1 heterocycles. The third kappa shape index (κ3) is 2.68. The molecule has 0 saturated carbocycles. The average Bonchev–Trinajstić information content (AvgIpc) is 2.18. The van der Waals surface area contributed by atoms with Crippen LogP contribution in [0.15, 0.2) is 12.1 Å². The van der Waals surface area contributed by atoms with E-state index in [1.54, 1.807) is 19.1 Å². The summed E-state index contributed by atoms with van der Waals surface area (Å²) in [5, 5.41) is 20.1. The van der Waals surface area contributed by atoms with Crippen molar-refractivity contribution in [2.75, 3.05) is 5.32 Å². The van der Waals surface area contributed by atoms with Crippen LogP contribution in [0.25, 0.3) is 0 Å². The van der Waals surface area contributed by atoms with Crippen LogP contribution in [-0.2, 0) is 4.79 Å². The molecule has 0 fully saturated rings. The molecule has 15 heavy (non-hydrogen) atoms. The van der Waals surface area contributed by atoms with Gasteiger partial charge in [-0.3, -0.25) is 4.79 Å². The first-order valence-corrected chi connectivity index (χ1v) is 4.41. The molecule has 78 valence electrons. The maximum Gasteiger partial charge on any atom is 0.325 e. The molecule has 0 saturated heterocycles. The molecule has 1 rings (SSSR count). The molecule has 0 aromatic carbocycles. The second-order valence-corrected chi connectivity index (χ2v) is 3.15. The number of pyridine rings is 1. The third-order valence-corrected chi connectivity index (χ3v) is 1.94. The number of carboxylic acids is 1. The van der Waals surface area contributed by atoms with E-state index in [0.717, 1.165) is 0 Å². The first-order valence-electron chi connectivity index (χ1n) is 4.41. The van der Waals surface area contributed by atoms with E-state index in [2.05, 4.69) is 10.3 Å². The van der Waals surface area contributed by atoms with Gasteiger partial charge in [0.15, 0.2) is 0 Å². The fourth-order valence-electron chi connectivity index (χ4n) is 1.04. The van der Waals surface area contributed by atoms with Crippen LogP contribution in [0.5, 0.6) is 0 Å². The minimum Gasteiger partial charge on any atom is -0.480 e. The fraction of sp³-hybridized carbons (Fsp3) is 0.300. The molecule has 0 amide bonds. The van der Waals surface area contributed by atoms with E-state index in [9.17, 15) is 4.79 Å². The number of aliphatic carboxylic acids is 1. The largest absolute Gasteiger partial charge is 0.480 e. The SMILES string of the molecule is Cc1nc(N[C@@H](C)C(=O)O)ccc1C#N. The van der Waals surface area contributed by atoms with Gasteiger partial charge >= 0.3 is 5.97 Å². The highest BCUT2D eigenvalue weighted by atomic mass is 16.4. The van der Waals surface area contributed by atoms with E-state index in [-0.39, 0.29) is 0 Å². The molecule has 5 heteroatoms. The Hall–Kier alpha value is -2.09. The Bertz CT molecular complexity index is 423. The predicted octanol–water partition coefficient (Wildman–Crippen LogP) is 1.15. The van der Waals surface area contributed by atoms with Gasteiger partial charge in [-0.1, -0.05) is 0 Å². The maximum absolute atomic E-state index is 10.6.